The molecule has 2 aromatic rings. The summed E-state index contributed by atoms with van der Waals surface area (Å²) in [6.45, 7) is 1.95. The average molecular weight is 585 g/mol. The second-order valence-electron chi connectivity index (χ2n) is 9.55. The van der Waals surface area contributed by atoms with Gasteiger partial charge in [-0.15, -0.1) is 0 Å². The van der Waals surface area contributed by atoms with Gasteiger partial charge in [-0.2, -0.15) is 0 Å². The Bertz CT molecular complexity index is 1230. The number of rotatable bonds is 12. The van der Waals surface area contributed by atoms with Crippen molar-refractivity contribution in [3.8, 4) is 5.75 Å². The summed E-state index contributed by atoms with van der Waals surface area (Å²) in [5, 5.41) is 3.83. The van der Waals surface area contributed by atoms with Crippen molar-refractivity contribution in [2.45, 2.75) is 64.1 Å². The lowest BCUT2D eigenvalue weighted by Gasteiger charge is -2.30. The number of nitrogens with zero attached hydrogens (tertiary/aromatic N) is 2. The van der Waals surface area contributed by atoms with Gasteiger partial charge in [-0.05, 0) is 56.0 Å². The Morgan fingerprint density at radius 1 is 1.11 bits per heavy atom. The molecule has 1 N–H and O–H groups in total. The topological polar surface area (TPSA) is 96.0 Å². The third-order valence-electron chi connectivity index (χ3n) is 6.71. The molecule has 0 radical (unpaired) electrons. The molecule has 0 aliphatic heterocycles. The van der Waals surface area contributed by atoms with Crippen LogP contribution < -0.4 is 14.4 Å². The highest BCUT2D eigenvalue weighted by atomic mass is 35.5. The lowest BCUT2D eigenvalue weighted by molar-refractivity contribution is -0.141. The summed E-state index contributed by atoms with van der Waals surface area (Å²) in [7, 11) is -2.16. The van der Waals surface area contributed by atoms with Crippen LogP contribution in [0.3, 0.4) is 0 Å². The summed E-state index contributed by atoms with van der Waals surface area (Å²) in [4.78, 5) is 28.1. The quantitative estimate of drug-likeness (QED) is 0.378. The van der Waals surface area contributed by atoms with E-state index in [9.17, 15) is 18.0 Å². The van der Waals surface area contributed by atoms with E-state index in [0.717, 1.165) is 37.5 Å². The van der Waals surface area contributed by atoms with Crippen LogP contribution in [-0.4, -0.2) is 57.1 Å². The molecule has 1 fully saturated rings. The minimum Gasteiger partial charge on any atom is -0.495 e. The van der Waals surface area contributed by atoms with Crippen LogP contribution in [0, 0.1) is 0 Å². The Balaban J connectivity index is 1.75. The molecule has 208 valence electrons. The van der Waals surface area contributed by atoms with Crippen LogP contribution in [0.2, 0.25) is 10.0 Å². The van der Waals surface area contributed by atoms with Gasteiger partial charge in [0, 0.05) is 25.6 Å². The molecule has 1 aliphatic rings. The molecule has 3 rings (SSSR count). The highest BCUT2D eigenvalue weighted by molar-refractivity contribution is 7.92. The van der Waals surface area contributed by atoms with Crippen molar-refractivity contribution < 1.29 is 22.7 Å². The number of carbonyl (C=O) groups excluding carboxylic acids is 2. The second kappa shape index (κ2) is 13.5. The third kappa shape index (κ3) is 8.01. The van der Waals surface area contributed by atoms with Gasteiger partial charge in [0.1, 0.15) is 11.8 Å². The zero-order chi connectivity index (χ0) is 27.9. The molecule has 1 unspecified atom stereocenters. The number of benzene rings is 2. The first-order valence-corrected chi connectivity index (χ1v) is 15.3. The first-order chi connectivity index (χ1) is 18.0. The summed E-state index contributed by atoms with van der Waals surface area (Å²) < 4.78 is 31.7. The fourth-order valence-electron chi connectivity index (χ4n) is 4.63. The van der Waals surface area contributed by atoms with Crippen LogP contribution in [0.15, 0.2) is 42.5 Å². The monoisotopic (exact) mass is 583 g/mol. The molecule has 11 heteroatoms. The van der Waals surface area contributed by atoms with Crippen molar-refractivity contribution in [2.75, 3.05) is 24.2 Å². The van der Waals surface area contributed by atoms with Crippen molar-refractivity contribution in [3.63, 3.8) is 0 Å². The Morgan fingerprint density at radius 2 is 1.79 bits per heavy atom. The van der Waals surface area contributed by atoms with Crippen LogP contribution in [0.4, 0.5) is 5.69 Å². The predicted molar refractivity (Wildman–Crippen MR) is 151 cm³/mol. The zero-order valence-corrected chi connectivity index (χ0v) is 24.3. The maximum absolute atomic E-state index is 13.5. The number of methoxy groups -OCH3 is 1. The fraction of sp³-hybridized carbons (Fsp3) is 0.481. The Kier molecular flexibility index (Phi) is 10.7. The van der Waals surface area contributed by atoms with Gasteiger partial charge in [0.2, 0.25) is 21.8 Å². The molecule has 1 aliphatic carbocycles. The molecule has 0 saturated heterocycles. The molecule has 38 heavy (non-hydrogen) atoms. The van der Waals surface area contributed by atoms with Gasteiger partial charge in [-0.1, -0.05) is 54.2 Å². The third-order valence-corrected chi connectivity index (χ3v) is 8.63. The molecule has 2 amide bonds. The van der Waals surface area contributed by atoms with Crippen LogP contribution in [0.25, 0.3) is 0 Å². The molecule has 8 nitrogen and oxygen atoms in total. The van der Waals surface area contributed by atoms with Crippen LogP contribution in [0.1, 0.15) is 51.0 Å². The summed E-state index contributed by atoms with van der Waals surface area (Å²) in [6.07, 6.45) is 5.44. The summed E-state index contributed by atoms with van der Waals surface area (Å²) in [6, 6.07) is 11.3. The number of halogens is 2. The molecule has 1 atom stereocenters. The van der Waals surface area contributed by atoms with E-state index in [4.69, 9.17) is 27.9 Å². The van der Waals surface area contributed by atoms with Crippen LogP contribution in [-0.2, 0) is 26.2 Å². The zero-order valence-electron chi connectivity index (χ0n) is 22.0. The van der Waals surface area contributed by atoms with Gasteiger partial charge in [0.05, 0.1) is 29.1 Å². The van der Waals surface area contributed by atoms with Crippen molar-refractivity contribution >= 4 is 50.7 Å². The van der Waals surface area contributed by atoms with E-state index in [1.807, 2.05) is 0 Å². The summed E-state index contributed by atoms with van der Waals surface area (Å²) >= 11 is 12.2. The average Bonchev–Trinajstić information content (AvgIpc) is 3.39. The van der Waals surface area contributed by atoms with Crippen molar-refractivity contribution in [1.82, 2.24) is 10.2 Å². The minimum atomic E-state index is -3.63. The van der Waals surface area contributed by atoms with Crippen molar-refractivity contribution in [2.24, 2.45) is 0 Å². The fourth-order valence-corrected chi connectivity index (χ4v) is 5.92. The second-order valence-corrected chi connectivity index (χ2v) is 12.3. The smallest absolute Gasteiger partial charge is 0.242 e. The van der Waals surface area contributed by atoms with E-state index < -0.39 is 16.1 Å². The Morgan fingerprint density at radius 3 is 2.42 bits per heavy atom. The van der Waals surface area contributed by atoms with Gasteiger partial charge in [0.25, 0.3) is 0 Å². The van der Waals surface area contributed by atoms with Crippen molar-refractivity contribution in [3.05, 3.63) is 58.1 Å². The molecule has 1 saturated carbocycles. The lowest BCUT2D eigenvalue weighted by Crippen LogP contribution is -2.49. The van der Waals surface area contributed by atoms with Gasteiger partial charge in [-0.3, -0.25) is 13.9 Å². The maximum atomic E-state index is 13.5. The van der Waals surface area contributed by atoms with Crippen LogP contribution >= 0.6 is 23.2 Å². The molecular formula is C27H35Cl2N3O5S. The minimum absolute atomic E-state index is 0.0452. The molecule has 2 aromatic carbocycles. The van der Waals surface area contributed by atoms with E-state index in [1.165, 1.54) is 16.3 Å². The number of carbonyl (C=O) groups is 2. The number of sulfonamides is 1. The van der Waals surface area contributed by atoms with E-state index in [0.29, 0.717) is 21.5 Å². The number of amides is 2. The van der Waals surface area contributed by atoms with Gasteiger partial charge in [0.15, 0.2) is 0 Å². The number of ether oxygens (including phenoxy) is 1. The summed E-state index contributed by atoms with van der Waals surface area (Å²) in [5.74, 6) is -0.0570. The number of anilines is 1. The van der Waals surface area contributed by atoms with E-state index in [-0.39, 0.29) is 43.8 Å². The van der Waals surface area contributed by atoms with Gasteiger partial charge >= 0.3 is 0 Å². The first-order valence-electron chi connectivity index (χ1n) is 12.7. The van der Waals surface area contributed by atoms with E-state index in [1.54, 1.807) is 49.4 Å². The normalized spacial score (nSPS) is 14.7. The molecule has 0 heterocycles. The number of hydrogen-bond acceptors (Lipinski definition) is 5. The Hall–Kier alpha value is -2.49. The predicted octanol–water partition coefficient (Wildman–Crippen LogP) is 5.02. The maximum Gasteiger partial charge on any atom is 0.242 e. The highest BCUT2D eigenvalue weighted by Crippen LogP contribution is 2.30. The summed E-state index contributed by atoms with van der Waals surface area (Å²) in [5.41, 5.74) is 1.14. The van der Waals surface area contributed by atoms with Gasteiger partial charge < -0.3 is 15.0 Å². The largest absolute Gasteiger partial charge is 0.495 e. The number of nitrogens with one attached hydrogen (secondary N) is 1. The number of hydrogen-bond donors (Lipinski definition) is 1. The van der Waals surface area contributed by atoms with E-state index in [2.05, 4.69) is 5.32 Å². The standard InChI is InChI=1S/C27H35Cl2N3O5S/c1-19(27(34)30-21-9-4-5-10-21)31(18-20-14-15-22(28)23(29)17-20)26(33)13-8-16-32(38(3,35)36)24-11-6-7-12-25(24)37-2/h6-7,11-12,14-15,17,19,21H,4-5,8-10,13,16,18H2,1-3H3,(H,30,34). The van der Waals surface area contributed by atoms with Crippen molar-refractivity contribution in [1.29, 1.82) is 0 Å². The van der Waals surface area contributed by atoms with Gasteiger partial charge in [-0.25, -0.2) is 8.42 Å². The molecule has 0 aromatic heterocycles. The Labute approximate surface area is 235 Å². The lowest BCUT2D eigenvalue weighted by atomic mass is 10.1. The van der Waals surface area contributed by atoms with Crippen LogP contribution in [0.5, 0.6) is 5.75 Å². The first kappa shape index (κ1) is 30.1. The molecule has 0 bridgehead atoms. The number of para-hydroxylation sites is 2. The van der Waals surface area contributed by atoms with E-state index >= 15 is 0 Å². The SMILES string of the molecule is COc1ccccc1N(CCCC(=O)N(Cc1ccc(Cl)c(Cl)c1)C(C)C(=O)NC1CCCC1)S(C)(=O)=O. The highest BCUT2D eigenvalue weighted by Gasteiger charge is 2.29. The molecular weight excluding hydrogens is 549 g/mol. The molecule has 0 spiro atoms.